The molecule has 4 aromatic rings. The van der Waals surface area contributed by atoms with Crippen molar-refractivity contribution in [1.82, 2.24) is 24.8 Å². The number of fused-ring (bicyclic) bond motifs is 3. The molecule has 31 heavy (non-hydrogen) atoms. The maximum Gasteiger partial charge on any atom is 0.141 e. The Balaban J connectivity index is 1.17. The van der Waals surface area contributed by atoms with Crippen molar-refractivity contribution in [2.75, 3.05) is 18.0 Å². The highest BCUT2D eigenvalue weighted by Gasteiger charge is 2.44. The SMILES string of the molecule is Oc1ccc(CN2C3CC2CN(c2ccc(-c4ncnc5[nH]ccc45)cn2)C3)c(F)c1. The summed E-state index contributed by atoms with van der Waals surface area (Å²) in [7, 11) is 0. The zero-order valence-corrected chi connectivity index (χ0v) is 16.7. The van der Waals surface area contributed by atoms with Crippen LogP contribution in [0.2, 0.25) is 0 Å². The molecule has 3 saturated heterocycles. The summed E-state index contributed by atoms with van der Waals surface area (Å²) in [6, 6.07) is 11.2. The quantitative estimate of drug-likeness (QED) is 0.531. The summed E-state index contributed by atoms with van der Waals surface area (Å²) >= 11 is 0. The molecule has 156 valence electrons. The monoisotopic (exact) mass is 416 g/mol. The van der Waals surface area contributed by atoms with Gasteiger partial charge in [0.1, 0.15) is 29.4 Å². The Hall–Kier alpha value is -3.52. The van der Waals surface area contributed by atoms with Gasteiger partial charge in [0, 0.05) is 66.7 Å². The van der Waals surface area contributed by atoms with Gasteiger partial charge in [0.15, 0.2) is 0 Å². The van der Waals surface area contributed by atoms with Crippen molar-refractivity contribution in [3.8, 4) is 17.0 Å². The normalized spacial score (nSPS) is 20.7. The van der Waals surface area contributed by atoms with Crippen molar-refractivity contribution >= 4 is 16.9 Å². The van der Waals surface area contributed by atoms with E-state index in [-0.39, 0.29) is 11.6 Å². The smallest absolute Gasteiger partial charge is 0.141 e. The van der Waals surface area contributed by atoms with Crippen LogP contribution in [0.4, 0.5) is 10.2 Å². The molecule has 2 unspecified atom stereocenters. The molecule has 1 aromatic carbocycles. The van der Waals surface area contributed by atoms with Crippen LogP contribution >= 0.6 is 0 Å². The van der Waals surface area contributed by atoms with E-state index in [1.807, 2.05) is 24.5 Å². The zero-order valence-electron chi connectivity index (χ0n) is 16.7. The number of phenolic OH excluding ortho intramolecular Hbond substituents is 1. The number of anilines is 1. The van der Waals surface area contributed by atoms with Gasteiger partial charge < -0.3 is 15.0 Å². The number of piperidine rings is 1. The lowest BCUT2D eigenvalue weighted by Crippen LogP contribution is -2.68. The molecule has 7 rings (SSSR count). The second kappa shape index (κ2) is 7.02. The minimum absolute atomic E-state index is 0.0371. The molecule has 2 atom stereocenters. The van der Waals surface area contributed by atoms with Crippen molar-refractivity contribution in [2.24, 2.45) is 0 Å². The maximum atomic E-state index is 14.1. The molecular formula is C23H21FN6O. The van der Waals surface area contributed by atoms with Gasteiger partial charge in [0.25, 0.3) is 0 Å². The molecule has 2 bridgehead atoms. The van der Waals surface area contributed by atoms with Crippen LogP contribution in [0, 0.1) is 5.82 Å². The largest absolute Gasteiger partial charge is 0.508 e. The lowest BCUT2D eigenvalue weighted by Gasteiger charge is -2.56. The molecule has 3 aromatic heterocycles. The number of aromatic nitrogens is 4. The summed E-state index contributed by atoms with van der Waals surface area (Å²) in [5.74, 6) is 0.568. The number of rotatable bonds is 4. The van der Waals surface area contributed by atoms with E-state index in [1.54, 1.807) is 18.5 Å². The van der Waals surface area contributed by atoms with E-state index in [1.165, 1.54) is 6.07 Å². The minimum Gasteiger partial charge on any atom is -0.508 e. The number of aromatic hydroxyl groups is 1. The van der Waals surface area contributed by atoms with Gasteiger partial charge in [-0.2, -0.15) is 0 Å². The third-order valence-electron chi connectivity index (χ3n) is 6.43. The van der Waals surface area contributed by atoms with Crippen LogP contribution in [0.3, 0.4) is 0 Å². The number of pyridine rings is 1. The number of benzene rings is 1. The number of H-pyrrole nitrogens is 1. The highest BCUT2D eigenvalue weighted by atomic mass is 19.1. The molecule has 3 aliphatic rings. The lowest BCUT2D eigenvalue weighted by atomic mass is 9.86. The van der Waals surface area contributed by atoms with E-state index in [9.17, 15) is 9.50 Å². The van der Waals surface area contributed by atoms with Gasteiger partial charge in [-0.25, -0.2) is 19.3 Å². The van der Waals surface area contributed by atoms with Crippen molar-refractivity contribution in [1.29, 1.82) is 0 Å². The number of nitrogens with zero attached hydrogens (tertiary/aromatic N) is 5. The summed E-state index contributed by atoms with van der Waals surface area (Å²) in [6.45, 7) is 2.32. The van der Waals surface area contributed by atoms with Gasteiger partial charge >= 0.3 is 0 Å². The summed E-state index contributed by atoms with van der Waals surface area (Å²) < 4.78 is 14.1. The molecule has 0 spiro atoms. The molecule has 0 aliphatic carbocycles. The summed E-state index contributed by atoms with van der Waals surface area (Å²) in [5, 5.41) is 10.4. The second-order valence-corrected chi connectivity index (χ2v) is 8.26. The van der Waals surface area contributed by atoms with Gasteiger partial charge in [-0.15, -0.1) is 0 Å². The first-order valence-electron chi connectivity index (χ1n) is 10.4. The van der Waals surface area contributed by atoms with Crippen molar-refractivity contribution in [3.05, 3.63) is 66.5 Å². The average Bonchev–Trinajstić information content (AvgIpc) is 3.28. The Morgan fingerprint density at radius 2 is 1.94 bits per heavy atom. The van der Waals surface area contributed by atoms with Crippen molar-refractivity contribution < 1.29 is 9.50 Å². The number of hydrogen-bond acceptors (Lipinski definition) is 6. The van der Waals surface area contributed by atoms with Gasteiger partial charge in [-0.05, 0) is 30.7 Å². The summed E-state index contributed by atoms with van der Waals surface area (Å²) in [6.07, 6.45) is 6.42. The van der Waals surface area contributed by atoms with E-state index < -0.39 is 0 Å². The Kier molecular flexibility index (Phi) is 4.14. The standard InChI is InChI=1S/C23H21FN6O/c24-20-8-18(31)3-1-15(20)10-30-16-7-17(30)12-29(11-16)21-4-2-14(9-26-21)22-19-5-6-25-23(19)28-13-27-22/h1-6,8-9,13,16-17,31H,7,10-12H2,(H,25,27,28). The van der Waals surface area contributed by atoms with E-state index in [4.69, 9.17) is 4.98 Å². The molecule has 6 heterocycles. The summed E-state index contributed by atoms with van der Waals surface area (Å²) in [5.41, 5.74) is 3.27. The third kappa shape index (κ3) is 3.11. The number of nitrogens with one attached hydrogen (secondary N) is 1. The van der Waals surface area contributed by atoms with E-state index in [0.717, 1.165) is 47.6 Å². The molecular weight excluding hydrogens is 395 g/mol. The fraction of sp³-hybridized carbons (Fsp3) is 0.261. The highest BCUT2D eigenvalue weighted by Crippen LogP contribution is 2.36. The van der Waals surface area contributed by atoms with Crippen LogP contribution in [-0.2, 0) is 6.54 Å². The molecule has 3 fully saturated rings. The highest BCUT2D eigenvalue weighted by molar-refractivity contribution is 5.90. The van der Waals surface area contributed by atoms with Crippen LogP contribution in [0.5, 0.6) is 5.75 Å². The first-order valence-corrected chi connectivity index (χ1v) is 10.4. The average molecular weight is 416 g/mol. The molecule has 7 nitrogen and oxygen atoms in total. The van der Waals surface area contributed by atoms with Gasteiger partial charge in [0.2, 0.25) is 0 Å². The summed E-state index contributed by atoms with van der Waals surface area (Å²) in [4.78, 5) is 21.1. The molecule has 3 aliphatic heterocycles. The van der Waals surface area contributed by atoms with Gasteiger partial charge in [0.05, 0.1) is 5.69 Å². The predicted molar refractivity (Wildman–Crippen MR) is 115 cm³/mol. The van der Waals surface area contributed by atoms with Crippen molar-refractivity contribution in [2.45, 2.75) is 25.0 Å². The predicted octanol–water partition coefficient (Wildman–Crippen LogP) is 3.33. The number of halogens is 1. The van der Waals surface area contributed by atoms with Gasteiger partial charge in [-0.1, -0.05) is 6.07 Å². The Morgan fingerprint density at radius 3 is 2.71 bits per heavy atom. The third-order valence-corrected chi connectivity index (χ3v) is 6.43. The molecule has 2 N–H and O–H groups in total. The first kappa shape index (κ1) is 18.3. The molecule has 8 heteroatoms. The van der Waals surface area contributed by atoms with Crippen LogP contribution in [0.15, 0.2) is 55.1 Å². The fourth-order valence-electron chi connectivity index (χ4n) is 4.81. The van der Waals surface area contributed by atoms with Crippen molar-refractivity contribution in [3.63, 3.8) is 0 Å². The maximum absolute atomic E-state index is 14.1. The first-order chi connectivity index (χ1) is 15.2. The Morgan fingerprint density at radius 1 is 1.06 bits per heavy atom. The zero-order chi connectivity index (χ0) is 20.9. The Labute approximate surface area is 178 Å². The number of phenols is 1. The minimum atomic E-state index is -0.347. The van der Waals surface area contributed by atoms with E-state index in [0.29, 0.717) is 24.2 Å². The molecule has 0 amide bonds. The number of hydrogen-bond donors (Lipinski definition) is 2. The second-order valence-electron chi connectivity index (χ2n) is 8.26. The lowest BCUT2D eigenvalue weighted by molar-refractivity contribution is -0.00946. The number of piperazine rings is 1. The van der Waals surface area contributed by atoms with Crippen LogP contribution in [0.1, 0.15) is 12.0 Å². The molecule has 0 saturated carbocycles. The van der Waals surface area contributed by atoms with E-state index in [2.05, 4.69) is 30.8 Å². The van der Waals surface area contributed by atoms with E-state index >= 15 is 0 Å². The Bertz CT molecular complexity index is 1240. The van der Waals surface area contributed by atoms with Crippen LogP contribution in [-0.4, -0.2) is 55.1 Å². The topological polar surface area (TPSA) is 81.2 Å². The fourth-order valence-corrected chi connectivity index (χ4v) is 4.81. The van der Waals surface area contributed by atoms with Gasteiger partial charge in [-0.3, -0.25) is 4.90 Å². The molecule has 0 radical (unpaired) electrons. The van der Waals surface area contributed by atoms with Crippen LogP contribution in [0.25, 0.3) is 22.3 Å². The van der Waals surface area contributed by atoms with Crippen LogP contribution < -0.4 is 4.90 Å². The number of aromatic amines is 1.